The third-order valence-electron chi connectivity index (χ3n) is 5.55. The Bertz CT molecular complexity index is 1050. The summed E-state index contributed by atoms with van der Waals surface area (Å²) in [7, 11) is 2.87. The van der Waals surface area contributed by atoms with Gasteiger partial charge in [-0.2, -0.15) is 0 Å². The van der Waals surface area contributed by atoms with Gasteiger partial charge in [-0.3, -0.25) is 14.5 Å². The fourth-order valence-corrected chi connectivity index (χ4v) is 3.98. The molecule has 1 aliphatic rings. The van der Waals surface area contributed by atoms with E-state index in [1.165, 1.54) is 16.9 Å². The Morgan fingerprint density at radius 3 is 2.38 bits per heavy atom. The van der Waals surface area contributed by atoms with Gasteiger partial charge in [-0.05, 0) is 50.5 Å². The molecule has 8 heteroatoms. The second kappa shape index (κ2) is 10.6. The van der Waals surface area contributed by atoms with Crippen molar-refractivity contribution in [1.29, 1.82) is 0 Å². The van der Waals surface area contributed by atoms with Crippen LogP contribution >= 0.6 is 0 Å². The minimum atomic E-state index is -0.824. The summed E-state index contributed by atoms with van der Waals surface area (Å²) in [6, 6.07) is 14.1. The summed E-state index contributed by atoms with van der Waals surface area (Å²) in [5.41, 5.74) is 1.69. The monoisotopic (exact) mass is 468 g/mol. The van der Waals surface area contributed by atoms with Crippen molar-refractivity contribution < 1.29 is 28.6 Å². The van der Waals surface area contributed by atoms with Crippen molar-refractivity contribution in [2.24, 2.45) is 0 Å². The molecule has 2 aromatic rings. The Hall–Kier alpha value is -3.55. The van der Waals surface area contributed by atoms with E-state index >= 15 is 0 Å². The molecule has 0 unspecified atom stereocenters. The van der Waals surface area contributed by atoms with Crippen LogP contribution in [0.25, 0.3) is 0 Å². The average molecular weight is 469 g/mol. The molecule has 2 amide bonds. The van der Waals surface area contributed by atoms with Gasteiger partial charge in [-0.1, -0.05) is 36.4 Å². The maximum absolute atomic E-state index is 13.8. The first-order valence-corrected chi connectivity index (χ1v) is 11.2. The summed E-state index contributed by atoms with van der Waals surface area (Å²) < 4.78 is 15.9. The Balaban J connectivity index is 1.88. The first kappa shape index (κ1) is 25.1. The lowest BCUT2D eigenvalue weighted by molar-refractivity contribution is -0.147. The topological polar surface area (TPSA) is 85.4 Å². The zero-order valence-electron chi connectivity index (χ0n) is 20.4. The van der Waals surface area contributed by atoms with Gasteiger partial charge in [0, 0.05) is 13.0 Å². The van der Waals surface area contributed by atoms with Crippen molar-refractivity contribution in [3.63, 3.8) is 0 Å². The third kappa shape index (κ3) is 5.87. The number of carbonyl (C=O) groups excluding carboxylic acids is 3. The van der Waals surface area contributed by atoms with E-state index in [0.29, 0.717) is 24.3 Å². The number of rotatable bonds is 7. The van der Waals surface area contributed by atoms with Crippen LogP contribution < -0.4 is 9.64 Å². The molecule has 1 atom stereocenters. The molecule has 0 spiro atoms. The highest BCUT2D eigenvalue weighted by Gasteiger charge is 2.42. The normalized spacial score (nSPS) is 14.9. The van der Waals surface area contributed by atoms with Crippen LogP contribution in [0.4, 0.5) is 10.5 Å². The van der Waals surface area contributed by atoms with E-state index in [-0.39, 0.29) is 19.0 Å². The third-order valence-corrected chi connectivity index (χ3v) is 5.55. The highest BCUT2D eigenvalue weighted by Crippen LogP contribution is 2.34. The molecule has 0 fully saturated rings. The van der Waals surface area contributed by atoms with Gasteiger partial charge in [0.15, 0.2) is 0 Å². The summed E-state index contributed by atoms with van der Waals surface area (Å²) in [4.78, 5) is 41.9. The van der Waals surface area contributed by atoms with Crippen molar-refractivity contribution in [2.75, 3.05) is 32.2 Å². The smallest absolute Gasteiger partial charge is 0.415 e. The van der Waals surface area contributed by atoms with Gasteiger partial charge in [0.1, 0.15) is 23.9 Å². The molecule has 2 aromatic carbocycles. The van der Waals surface area contributed by atoms with Crippen molar-refractivity contribution >= 4 is 23.7 Å². The van der Waals surface area contributed by atoms with Crippen molar-refractivity contribution in [3.8, 4) is 5.75 Å². The highest BCUT2D eigenvalue weighted by molar-refractivity contribution is 6.01. The molecule has 0 N–H and O–H groups in total. The van der Waals surface area contributed by atoms with Gasteiger partial charge in [-0.25, -0.2) is 4.79 Å². The van der Waals surface area contributed by atoms with E-state index < -0.39 is 23.7 Å². The van der Waals surface area contributed by atoms with Gasteiger partial charge in [0.25, 0.3) is 0 Å². The molecular weight excluding hydrogens is 436 g/mol. The first-order valence-electron chi connectivity index (χ1n) is 11.2. The van der Waals surface area contributed by atoms with Crippen LogP contribution in [0.1, 0.15) is 31.9 Å². The van der Waals surface area contributed by atoms with Gasteiger partial charge in [0.2, 0.25) is 5.91 Å². The molecule has 0 bridgehead atoms. The zero-order valence-corrected chi connectivity index (χ0v) is 20.4. The molecule has 34 heavy (non-hydrogen) atoms. The van der Waals surface area contributed by atoms with Crippen LogP contribution in [0.5, 0.6) is 5.75 Å². The fourth-order valence-electron chi connectivity index (χ4n) is 3.98. The molecule has 0 radical (unpaired) electrons. The summed E-state index contributed by atoms with van der Waals surface area (Å²) in [5.74, 6) is -0.174. The van der Waals surface area contributed by atoms with Crippen LogP contribution in [0.15, 0.2) is 48.5 Å². The molecule has 0 aliphatic carbocycles. The molecule has 8 nitrogen and oxygen atoms in total. The lowest BCUT2D eigenvalue weighted by Crippen LogP contribution is -2.52. The summed E-state index contributed by atoms with van der Waals surface area (Å²) >= 11 is 0. The fraction of sp³-hybridized carbons (Fsp3) is 0.423. The van der Waals surface area contributed by atoms with Gasteiger partial charge >= 0.3 is 12.1 Å². The maximum atomic E-state index is 13.8. The van der Waals surface area contributed by atoms with Crippen molar-refractivity contribution in [3.05, 3.63) is 59.7 Å². The van der Waals surface area contributed by atoms with Crippen LogP contribution in [0.3, 0.4) is 0 Å². The number of anilines is 1. The number of hydrogen-bond donors (Lipinski definition) is 0. The van der Waals surface area contributed by atoms with Crippen molar-refractivity contribution in [2.45, 2.75) is 45.3 Å². The molecule has 1 heterocycles. The van der Waals surface area contributed by atoms with Crippen molar-refractivity contribution in [1.82, 2.24) is 4.90 Å². The summed E-state index contributed by atoms with van der Waals surface area (Å²) in [6.07, 6.45) is 0.206. The predicted molar refractivity (Wildman–Crippen MR) is 128 cm³/mol. The van der Waals surface area contributed by atoms with E-state index in [1.807, 2.05) is 42.5 Å². The molecule has 3 rings (SSSR count). The number of carbonyl (C=O) groups is 3. The minimum Gasteiger partial charge on any atom is -0.496 e. The number of hydrogen-bond acceptors (Lipinski definition) is 6. The Morgan fingerprint density at radius 1 is 1.03 bits per heavy atom. The van der Waals surface area contributed by atoms with E-state index in [2.05, 4.69) is 0 Å². The van der Waals surface area contributed by atoms with Gasteiger partial charge in [0.05, 0.1) is 19.9 Å². The van der Waals surface area contributed by atoms with E-state index in [9.17, 15) is 14.4 Å². The minimum absolute atomic E-state index is 0.223. The lowest BCUT2D eigenvalue weighted by atomic mass is 10.1. The molecule has 0 saturated heterocycles. The number of para-hydroxylation sites is 2. The number of ether oxygens (including phenoxy) is 3. The van der Waals surface area contributed by atoms with Gasteiger partial charge in [-0.15, -0.1) is 0 Å². The molecule has 0 aromatic heterocycles. The van der Waals surface area contributed by atoms with E-state index in [4.69, 9.17) is 14.2 Å². The molecular formula is C26H32N2O6. The molecule has 1 aliphatic heterocycles. The number of nitrogens with zero attached hydrogens (tertiary/aromatic N) is 2. The molecule has 0 saturated carbocycles. The Morgan fingerprint density at radius 2 is 1.71 bits per heavy atom. The SMILES string of the molecule is COC(=O)CN(CCc1ccccc1OC)C(=O)[C@H]1Cc2ccccc2N1C(=O)OC(C)(C)C. The summed E-state index contributed by atoms with van der Waals surface area (Å²) in [6.45, 7) is 5.37. The maximum Gasteiger partial charge on any atom is 0.415 e. The highest BCUT2D eigenvalue weighted by atomic mass is 16.6. The predicted octanol–water partition coefficient (Wildman–Crippen LogP) is 3.61. The number of methoxy groups -OCH3 is 2. The number of esters is 1. The standard InChI is InChI=1S/C26H32N2O6/c1-26(2,3)34-25(31)28-20-12-8-6-11-19(20)16-21(28)24(30)27(17-23(29)33-5)15-14-18-10-7-9-13-22(18)32-4/h6-13,21H,14-17H2,1-5H3/t21-/m1/s1. The second-order valence-corrected chi connectivity index (χ2v) is 9.10. The van der Waals surface area contributed by atoms with E-state index in [0.717, 1.165) is 11.1 Å². The second-order valence-electron chi connectivity index (χ2n) is 9.10. The Labute approximate surface area is 200 Å². The lowest BCUT2D eigenvalue weighted by Gasteiger charge is -2.31. The number of amides is 2. The number of fused-ring (bicyclic) bond motifs is 1. The van der Waals surface area contributed by atoms with Gasteiger partial charge < -0.3 is 19.1 Å². The largest absolute Gasteiger partial charge is 0.496 e. The first-order chi connectivity index (χ1) is 16.1. The zero-order chi connectivity index (χ0) is 24.9. The van der Waals surface area contributed by atoms with Crippen LogP contribution in [-0.2, 0) is 31.9 Å². The van der Waals surface area contributed by atoms with Crippen LogP contribution in [0, 0.1) is 0 Å². The van der Waals surface area contributed by atoms with E-state index in [1.54, 1.807) is 33.9 Å². The van der Waals surface area contributed by atoms with Crippen LogP contribution in [-0.4, -0.2) is 61.8 Å². The summed E-state index contributed by atoms with van der Waals surface area (Å²) in [5, 5.41) is 0. The number of benzene rings is 2. The Kier molecular flexibility index (Phi) is 7.81. The molecule has 182 valence electrons. The van der Waals surface area contributed by atoms with Crippen LogP contribution in [0.2, 0.25) is 0 Å². The quantitative estimate of drug-likeness (QED) is 0.577. The average Bonchev–Trinajstić information content (AvgIpc) is 3.20.